The Hall–Kier alpha value is -1.30. The van der Waals surface area contributed by atoms with Gasteiger partial charge in [0.25, 0.3) is 0 Å². The van der Waals surface area contributed by atoms with E-state index in [0.717, 1.165) is 0 Å². The van der Waals surface area contributed by atoms with Crippen LogP contribution in [0, 0.1) is 0 Å². The van der Waals surface area contributed by atoms with Crippen LogP contribution in [0.5, 0.6) is 0 Å². The summed E-state index contributed by atoms with van der Waals surface area (Å²) in [5.41, 5.74) is 10.9. The van der Waals surface area contributed by atoms with E-state index in [1.807, 2.05) is 0 Å². The van der Waals surface area contributed by atoms with Gasteiger partial charge in [0, 0.05) is 5.38 Å². The fourth-order valence-corrected chi connectivity index (χ4v) is 0.666. The minimum atomic E-state index is -1.33. The predicted molar refractivity (Wildman–Crippen MR) is 38.7 cm³/mol. The first kappa shape index (κ1) is 8.70. The average Bonchev–Trinajstić information content (AvgIpc) is 2.15. The van der Waals surface area contributed by atoms with Gasteiger partial charge in [0.1, 0.15) is 5.82 Å². The molecule has 10 heavy (non-hydrogen) atoms. The van der Waals surface area contributed by atoms with Gasteiger partial charge in [-0.2, -0.15) is 0 Å². The summed E-state index contributed by atoms with van der Waals surface area (Å²) >= 11 is 1.50. The Morgan fingerprint density at radius 2 is 2.30 bits per heavy atom. The number of hydrogen-bond acceptors (Lipinski definition) is 4. The molecule has 0 spiro atoms. The summed E-state index contributed by atoms with van der Waals surface area (Å²) in [5.74, 6) is 0.611. The number of aromatic nitrogens is 1. The number of nitrogens with two attached hydrogens (primary N) is 2. The van der Waals surface area contributed by atoms with Gasteiger partial charge in [-0.15, -0.1) is 11.3 Å². The van der Waals surface area contributed by atoms with E-state index in [1.54, 1.807) is 10.9 Å². The predicted octanol–water partition coefficient (Wildman–Crippen LogP) is 0.348. The van der Waals surface area contributed by atoms with E-state index in [2.05, 4.69) is 10.7 Å². The van der Waals surface area contributed by atoms with Crippen molar-refractivity contribution < 1.29 is 9.90 Å². The van der Waals surface area contributed by atoms with Crippen molar-refractivity contribution in [3.63, 3.8) is 0 Å². The first-order valence-corrected chi connectivity index (χ1v) is 3.19. The molecule has 1 heterocycles. The number of amides is 1. The molecule has 6 heteroatoms. The molecule has 56 valence electrons. The molecule has 1 aromatic rings. The second-order valence-corrected chi connectivity index (χ2v) is 1.97. The second-order valence-electron chi connectivity index (χ2n) is 1.25. The van der Waals surface area contributed by atoms with Crippen LogP contribution in [-0.2, 0) is 0 Å². The highest BCUT2D eigenvalue weighted by Gasteiger charge is 1.76. The fourth-order valence-electron chi connectivity index (χ4n) is 0.222. The zero-order chi connectivity index (χ0) is 7.98. The van der Waals surface area contributed by atoms with Crippen molar-refractivity contribution in [2.24, 2.45) is 5.73 Å². The zero-order valence-corrected chi connectivity index (χ0v) is 5.84. The summed E-state index contributed by atoms with van der Waals surface area (Å²) in [7, 11) is 0. The van der Waals surface area contributed by atoms with E-state index in [9.17, 15) is 0 Å². The third-order valence-electron chi connectivity index (χ3n) is 0.451. The first-order chi connectivity index (χ1) is 4.63. The molecule has 0 radical (unpaired) electrons. The van der Waals surface area contributed by atoms with Crippen LogP contribution in [0.2, 0.25) is 0 Å². The van der Waals surface area contributed by atoms with Crippen LogP contribution < -0.4 is 11.5 Å². The molecule has 0 saturated carbocycles. The lowest BCUT2D eigenvalue weighted by Gasteiger charge is -1.67. The lowest BCUT2D eigenvalue weighted by Crippen LogP contribution is -2.03. The van der Waals surface area contributed by atoms with Crippen molar-refractivity contribution in [1.82, 2.24) is 4.98 Å². The maximum absolute atomic E-state index is 8.78. The summed E-state index contributed by atoms with van der Waals surface area (Å²) in [4.78, 5) is 12.5. The van der Waals surface area contributed by atoms with Gasteiger partial charge in [0.15, 0.2) is 0 Å². The van der Waals surface area contributed by atoms with Gasteiger partial charge in [-0.3, -0.25) is 0 Å². The Morgan fingerprint density at radius 3 is 2.40 bits per heavy atom. The number of hydrogen-bond donors (Lipinski definition) is 3. The lowest BCUT2D eigenvalue weighted by atomic mass is 10.9. The van der Waals surface area contributed by atoms with Crippen molar-refractivity contribution in [2.45, 2.75) is 0 Å². The van der Waals surface area contributed by atoms with Crippen LogP contribution in [0.25, 0.3) is 0 Å². The van der Waals surface area contributed by atoms with Crippen LogP contribution in [0.15, 0.2) is 10.9 Å². The van der Waals surface area contributed by atoms with E-state index in [1.165, 1.54) is 11.3 Å². The Bertz CT molecular complexity index is 182. The van der Waals surface area contributed by atoms with E-state index in [-0.39, 0.29) is 0 Å². The van der Waals surface area contributed by atoms with Crippen LogP contribution in [0.3, 0.4) is 0 Å². The molecule has 0 unspecified atom stereocenters. The molecule has 0 atom stereocenters. The topological polar surface area (TPSA) is 102 Å². The third kappa shape index (κ3) is 6.70. The molecule has 0 aromatic carbocycles. The number of primary amides is 1. The Labute approximate surface area is 61.3 Å². The number of carbonyl (C=O) groups is 1. The SMILES string of the molecule is NC(=O)O.Nc1cscn1. The molecule has 0 saturated heterocycles. The van der Waals surface area contributed by atoms with Gasteiger partial charge < -0.3 is 16.6 Å². The van der Waals surface area contributed by atoms with Crippen molar-refractivity contribution >= 4 is 23.2 Å². The third-order valence-corrected chi connectivity index (χ3v) is 1.06. The standard InChI is InChI=1S/C3H4N2S.CH3NO2/c4-3-1-6-2-5-3;2-1(3)4/h1-2H,4H2;2H2,(H,3,4). The summed E-state index contributed by atoms with van der Waals surface area (Å²) in [5, 5.41) is 8.99. The number of carboxylic acid groups (broad SMARTS) is 1. The van der Waals surface area contributed by atoms with Crippen LogP contribution in [-0.4, -0.2) is 16.2 Å². The molecule has 0 aliphatic carbocycles. The highest BCUT2D eigenvalue weighted by molar-refractivity contribution is 7.07. The Morgan fingerprint density at radius 1 is 1.80 bits per heavy atom. The zero-order valence-electron chi connectivity index (χ0n) is 5.02. The number of thiazole rings is 1. The Balaban J connectivity index is 0.000000180. The molecule has 1 rings (SSSR count). The minimum absolute atomic E-state index is 0.611. The number of nitrogens with zero attached hydrogens (tertiary/aromatic N) is 1. The molecule has 1 amide bonds. The molecule has 0 aliphatic heterocycles. The fraction of sp³-hybridized carbons (Fsp3) is 0. The maximum Gasteiger partial charge on any atom is 0.402 e. The minimum Gasteiger partial charge on any atom is -0.465 e. The van der Waals surface area contributed by atoms with Gasteiger partial charge in [-0.05, 0) is 0 Å². The quantitative estimate of drug-likeness (QED) is 0.510. The van der Waals surface area contributed by atoms with Crippen molar-refractivity contribution in [3.8, 4) is 0 Å². The summed E-state index contributed by atoms with van der Waals surface area (Å²) in [6.45, 7) is 0. The van der Waals surface area contributed by atoms with E-state index in [4.69, 9.17) is 15.6 Å². The van der Waals surface area contributed by atoms with Crippen LogP contribution in [0.1, 0.15) is 0 Å². The van der Waals surface area contributed by atoms with Gasteiger partial charge in [0.2, 0.25) is 0 Å². The van der Waals surface area contributed by atoms with Gasteiger partial charge >= 0.3 is 6.09 Å². The molecular weight excluding hydrogens is 154 g/mol. The van der Waals surface area contributed by atoms with Gasteiger partial charge in [-0.25, -0.2) is 9.78 Å². The molecule has 5 nitrogen and oxygen atoms in total. The summed E-state index contributed by atoms with van der Waals surface area (Å²) < 4.78 is 0. The van der Waals surface area contributed by atoms with Crippen molar-refractivity contribution in [2.75, 3.05) is 5.73 Å². The molecule has 0 fully saturated rings. The largest absolute Gasteiger partial charge is 0.465 e. The molecule has 0 bridgehead atoms. The average molecular weight is 161 g/mol. The van der Waals surface area contributed by atoms with E-state index >= 15 is 0 Å². The maximum atomic E-state index is 8.78. The monoisotopic (exact) mass is 161 g/mol. The lowest BCUT2D eigenvalue weighted by molar-refractivity contribution is 0.205. The number of nitrogen functional groups attached to an aromatic ring is 1. The molecule has 0 aliphatic rings. The molecular formula is C4H7N3O2S. The van der Waals surface area contributed by atoms with Crippen LogP contribution >= 0.6 is 11.3 Å². The highest BCUT2D eigenvalue weighted by atomic mass is 32.1. The Kier molecular flexibility index (Phi) is 3.97. The van der Waals surface area contributed by atoms with E-state index < -0.39 is 6.09 Å². The van der Waals surface area contributed by atoms with Gasteiger partial charge in [0.05, 0.1) is 5.51 Å². The normalized spacial score (nSPS) is 7.60. The van der Waals surface area contributed by atoms with Crippen molar-refractivity contribution in [3.05, 3.63) is 10.9 Å². The molecule has 5 N–H and O–H groups in total. The van der Waals surface area contributed by atoms with Crippen LogP contribution in [0.4, 0.5) is 10.6 Å². The summed E-state index contributed by atoms with van der Waals surface area (Å²) in [6.07, 6.45) is -1.33. The number of rotatable bonds is 0. The van der Waals surface area contributed by atoms with E-state index in [0.29, 0.717) is 5.82 Å². The highest BCUT2D eigenvalue weighted by Crippen LogP contribution is 1.99. The smallest absolute Gasteiger partial charge is 0.402 e. The first-order valence-electron chi connectivity index (χ1n) is 2.25. The van der Waals surface area contributed by atoms with Gasteiger partial charge in [-0.1, -0.05) is 0 Å². The molecule has 1 aromatic heterocycles. The second kappa shape index (κ2) is 4.57. The summed E-state index contributed by atoms with van der Waals surface area (Å²) in [6, 6.07) is 0. The van der Waals surface area contributed by atoms with Crippen molar-refractivity contribution in [1.29, 1.82) is 0 Å². The number of anilines is 1.